The summed E-state index contributed by atoms with van der Waals surface area (Å²) in [4.78, 5) is 20.7. The van der Waals surface area contributed by atoms with Crippen molar-refractivity contribution in [2.75, 3.05) is 17.2 Å². The number of hydrogen-bond acceptors (Lipinski definition) is 8. The summed E-state index contributed by atoms with van der Waals surface area (Å²) in [5.41, 5.74) is 1.67. The van der Waals surface area contributed by atoms with Crippen LogP contribution in [0, 0.1) is 30.0 Å². The van der Waals surface area contributed by atoms with Crippen molar-refractivity contribution in [1.82, 2.24) is 25.1 Å². The zero-order chi connectivity index (χ0) is 27.2. The Kier molecular flexibility index (Phi) is 8.65. The number of amides is 1. The summed E-state index contributed by atoms with van der Waals surface area (Å²) >= 11 is 0. The summed E-state index contributed by atoms with van der Waals surface area (Å²) in [6.45, 7) is 11.5. The van der Waals surface area contributed by atoms with E-state index >= 15 is 0 Å². The molecule has 0 aliphatic carbocycles. The number of anilines is 3. The Bertz CT molecular complexity index is 1280. The van der Waals surface area contributed by atoms with E-state index in [4.69, 9.17) is 4.74 Å². The Morgan fingerprint density at radius 2 is 1.97 bits per heavy atom. The highest BCUT2D eigenvalue weighted by molar-refractivity contribution is 5.68. The molecule has 37 heavy (non-hydrogen) atoms. The number of halogens is 1. The van der Waals surface area contributed by atoms with Gasteiger partial charge in [0.1, 0.15) is 11.7 Å². The van der Waals surface area contributed by atoms with Crippen LogP contribution in [-0.2, 0) is 4.74 Å². The van der Waals surface area contributed by atoms with Gasteiger partial charge in [-0.15, -0.1) is 0 Å². The van der Waals surface area contributed by atoms with Gasteiger partial charge in [-0.3, -0.25) is 4.98 Å². The number of alkyl carbamates (subject to hydrolysis) is 1. The summed E-state index contributed by atoms with van der Waals surface area (Å²) in [7, 11) is 0. The molecule has 3 heterocycles. The monoisotopic (exact) mass is 508 g/mol. The van der Waals surface area contributed by atoms with E-state index in [-0.39, 0.29) is 35.7 Å². The highest BCUT2D eigenvalue weighted by atomic mass is 19.1. The van der Waals surface area contributed by atoms with E-state index in [2.05, 4.69) is 31.0 Å². The molecule has 0 unspecified atom stereocenters. The summed E-state index contributed by atoms with van der Waals surface area (Å²) in [6, 6.07) is 4.57. The molecule has 0 spiro atoms. The molecule has 3 rings (SSSR count). The summed E-state index contributed by atoms with van der Waals surface area (Å²) in [5.74, 6) is -0.279. The summed E-state index contributed by atoms with van der Waals surface area (Å²) in [6.07, 6.45) is 6.90. The minimum Gasteiger partial charge on any atom is -0.444 e. The van der Waals surface area contributed by atoms with Gasteiger partial charge in [-0.05, 0) is 57.7 Å². The van der Waals surface area contributed by atoms with Crippen LogP contribution in [0.3, 0.4) is 0 Å². The topological polar surface area (TPSA) is 130 Å². The van der Waals surface area contributed by atoms with Crippen LogP contribution in [0.5, 0.6) is 0 Å². The van der Waals surface area contributed by atoms with Gasteiger partial charge in [0.25, 0.3) is 0 Å². The normalized spacial score (nSPS) is 12.1. The van der Waals surface area contributed by atoms with E-state index in [0.717, 1.165) is 11.6 Å². The lowest BCUT2D eigenvalue weighted by atomic mass is 10.0. The Hall–Kier alpha value is -4.20. The number of hydrogen-bond donors (Lipinski definition) is 3. The van der Waals surface area contributed by atoms with Crippen LogP contribution in [0.15, 0.2) is 36.9 Å². The molecule has 3 aromatic rings. The standard InChI is InChI=1S/C26H33FN8O2/c1-16(2)7-19(13-30-25(36)37-26(4,5)6)33-24-22(27)8-18(10-28)23(34-24)32-20-9-21(14-29-12-20)35-15-17(3)11-31-35/h8-9,11-12,14-16,19H,7,13H2,1-6H3,(H,30,36)(H2,32,33,34)/t19-/m1/s1. The maximum Gasteiger partial charge on any atom is 0.407 e. The largest absolute Gasteiger partial charge is 0.444 e. The molecule has 11 heteroatoms. The SMILES string of the molecule is Cc1cnn(-c2cncc(Nc3nc(N[C@@H](CNC(=O)OC(C)(C)C)CC(C)C)c(F)cc3C#N)c2)c1. The van der Waals surface area contributed by atoms with E-state index in [1.165, 1.54) is 0 Å². The zero-order valence-corrected chi connectivity index (χ0v) is 22.0. The number of aromatic nitrogens is 4. The van der Waals surface area contributed by atoms with Crippen LogP contribution in [0.25, 0.3) is 5.69 Å². The molecule has 1 amide bonds. The van der Waals surface area contributed by atoms with Gasteiger partial charge in [0.2, 0.25) is 0 Å². The minimum atomic E-state index is -0.674. The number of nitrogens with zero attached hydrogens (tertiary/aromatic N) is 5. The van der Waals surface area contributed by atoms with Gasteiger partial charge in [0, 0.05) is 18.8 Å². The molecular formula is C26H33FN8O2. The van der Waals surface area contributed by atoms with Gasteiger partial charge in [-0.1, -0.05) is 13.8 Å². The van der Waals surface area contributed by atoms with Crippen molar-refractivity contribution in [2.24, 2.45) is 5.92 Å². The fourth-order valence-electron chi connectivity index (χ4n) is 3.56. The Morgan fingerprint density at radius 3 is 2.59 bits per heavy atom. The van der Waals surface area contributed by atoms with Crippen molar-refractivity contribution < 1.29 is 13.9 Å². The summed E-state index contributed by atoms with van der Waals surface area (Å²) in [5, 5.41) is 22.7. The third-order valence-electron chi connectivity index (χ3n) is 5.05. The van der Waals surface area contributed by atoms with E-state index in [1.54, 1.807) is 50.1 Å². The predicted molar refractivity (Wildman–Crippen MR) is 139 cm³/mol. The Morgan fingerprint density at radius 1 is 1.22 bits per heavy atom. The van der Waals surface area contributed by atoms with Crippen LogP contribution in [-0.4, -0.2) is 44.0 Å². The molecule has 196 valence electrons. The lowest BCUT2D eigenvalue weighted by molar-refractivity contribution is 0.0524. The van der Waals surface area contributed by atoms with E-state index in [1.807, 2.05) is 33.0 Å². The number of nitrogens with one attached hydrogen (secondary N) is 3. The second-order valence-corrected chi connectivity index (χ2v) is 10.2. The molecule has 0 aromatic carbocycles. The van der Waals surface area contributed by atoms with Gasteiger partial charge in [-0.2, -0.15) is 10.4 Å². The smallest absolute Gasteiger partial charge is 0.407 e. The second-order valence-electron chi connectivity index (χ2n) is 10.2. The first-order valence-electron chi connectivity index (χ1n) is 12.0. The maximum absolute atomic E-state index is 14.9. The van der Waals surface area contributed by atoms with Gasteiger partial charge in [0.05, 0.1) is 35.5 Å². The number of nitriles is 1. The molecule has 0 aliphatic heterocycles. The van der Waals surface area contributed by atoms with Gasteiger partial charge < -0.3 is 20.7 Å². The van der Waals surface area contributed by atoms with E-state index in [0.29, 0.717) is 17.8 Å². The van der Waals surface area contributed by atoms with E-state index < -0.39 is 17.5 Å². The molecule has 10 nitrogen and oxygen atoms in total. The fourth-order valence-corrected chi connectivity index (χ4v) is 3.56. The molecule has 0 radical (unpaired) electrons. The van der Waals surface area contributed by atoms with Gasteiger partial charge >= 0.3 is 6.09 Å². The maximum atomic E-state index is 14.9. The molecule has 0 aliphatic rings. The quantitative estimate of drug-likeness (QED) is 0.365. The first kappa shape index (κ1) is 27.4. The van der Waals surface area contributed by atoms with Crippen LogP contribution in [0.4, 0.5) is 26.5 Å². The number of carbonyl (C=O) groups is 1. The number of aryl methyl sites for hydroxylation is 1. The fraction of sp³-hybridized carbons (Fsp3) is 0.423. The van der Waals surface area contributed by atoms with Crippen LogP contribution < -0.4 is 16.0 Å². The highest BCUT2D eigenvalue weighted by Crippen LogP contribution is 2.25. The Labute approximate surface area is 216 Å². The van der Waals surface area contributed by atoms with Crippen LogP contribution in [0.2, 0.25) is 0 Å². The molecule has 3 aromatic heterocycles. The predicted octanol–water partition coefficient (Wildman–Crippen LogP) is 5.08. The lowest BCUT2D eigenvalue weighted by Gasteiger charge is -2.24. The van der Waals surface area contributed by atoms with Crippen molar-refractivity contribution in [3.05, 3.63) is 53.9 Å². The van der Waals surface area contributed by atoms with Crippen molar-refractivity contribution in [3.63, 3.8) is 0 Å². The van der Waals surface area contributed by atoms with Crippen molar-refractivity contribution in [1.29, 1.82) is 5.26 Å². The number of rotatable bonds is 9. The van der Waals surface area contributed by atoms with E-state index in [9.17, 15) is 14.4 Å². The average molecular weight is 509 g/mol. The van der Waals surface area contributed by atoms with Crippen LogP contribution >= 0.6 is 0 Å². The number of ether oxygens (including phenoxy) is 1. The molecule has 0 bridgehead atoms. The van der Waals surface area contributed by atoms with Crippen molar-refractivity contribution >= 4 is 23.4 Å². The number of carbonyl (C=O) groups excluding carboxylic acids is 1. The second kappa shape index (κ2) is 11.7. The third kappa shape index (κ3) is 8.17. The molecule has 1 atom stereocenters. The first-order chi connectivity index (χ1) is 17.4. The third-order valence-corrected chi connectivity index (χ3v) is 5.05. The molecule has 0 saturated carbocycles. The summed E-state index contributed by atoms with van der Waals surface area (Å²) < 4.78 is 21.9. The molecule has 0 fully saturated rings. The molecular weight excluding hydrogens is 475 g/mol. The Balaban J connectivity index is 1.82. The molecule has 0 saturated heterocycles. The first-order valence-corrected chi connectivity index (χ1v) is 12.0. The van der Waals surface area contributed by atoms with Gasteiger partial charge in [0.15, 0.2) is 17.5 Å². The zero-order valence-electron chi connectivity index (χ0n) is 22.0. The lowest BCUT2D eigenvalue weighted by Crippen LogP contribution is -2.40. The van der Waals surface area contributed by atoms with Crippen molar-refractivity contribution in [3.8, 4) is 11.8 Å². The average Bonchev–Trinajstić information content (AvgIpc) is 3.24. The van der Waals surface area contributed by atoms with Crippen molar-refractivity contribution in [2.45, 2.75) is 59.6 Å². The molecule has 3 N–H and O–H groups in total. The minimum absolute atomic E-state index is 0.0371. The highest BCUT2D eigenvalue weighted by Gasteiger charge is 2.20. The van der Waals surface area contributed by atoms with Gasteiger partial charge in [-0.25, -0.2) is 18.9 Å². The van der Waals surface area contributed by atoms with Crippen LogP contribution in [0.1, 0.15) is 52.2 Å². The number of pyridine rings is 2.